The van der Waals surface area contributed by atoms with Crippen LogP contribution in [0.15, 0.2) is 18.2 Å². The maximum absolute atomic E-state index is 11.3. The van der Waals surface area contributed by atoms with Crippen LogP contribution in [0.1, 0.15) is 35.2 Å². The monoisotopic (exact) mass is 291 g/mol. The molecule has 0 aromatic heterocycles. The first-order valence-corrected chi connectivity index (χ1v) is 7.08. The molecule has 2 rings (SSSR count). The third-order valence-electron chi connectivity index (χ3n) is 3.99. The van der Waals surface area contributed by atoms with E-state index in [9.17, 15) is 14.7 Å². The summed E-state index contributed by atoms with van der Waals surface area (Å²) in [4.78, 5) is 24.4. The number of hydrogen-bond acceptors (Lipinski definition) is 4. The highest BCUT2D eigenvalue weighted by atomic mass is 16.4. The predicted molar refractivity (Wildman–Crippen MR) is 79.6 cm³/mol. The molecule has 0 radical (unpaired) electrons. The second kappa shape index (κ2) is 6.58. The predicted octanol–water partition coefficient (Wildman–Crippen LogP) is 1.05. The van der Waals surface area contributed by atoms with E-state index in [-0.39, 0.29) is 11.5 Å². The van der Waals surface area contributed by atoms with Crippen LogP contribution in [0.25, 0.3) is 0 Å². The Bertz CT molecular complexity index is 537. The zero-order valence-electron chi connectivity index (χ0n) is 11.9. The van der Waals surface area contributed by atoms with E-state index < -0.39 is 5.97 Å². The third-order valence-corrected chi connectivity index (χ3v) is 3.99. The number of anilines is 1. The van der Waals surface area contributed by atoms with E-state index in [0.29, 0.717) is 24.6 Å². The van der Waals surface area contributed by atoms with Crippen molar-refractivity contribution in [2.24, 2.45) is 11.7 Å². The van der Waals surface area contributed by atoms with Crippen molar-refractivity contribution in [3.8, 4) is 0 Å². The second-order valence-electron chi connectivity index (χ2n) is 5.58. The van der Waals surface area contributed by atoms with E-state index in [2.05, 4.69) is 4.90 Å². The van der Waals surface area contributed by atoms with E-state index in [4.69, 9.17) is 11.5 Å². The number of nitrogens with two attached hydrogens (primary N) is 2. The van der Waals surface area contributed by atoms with Gasteiger partial charge in [-0.25, -0.2) is 4.79 Å². The summed E-state index contributed by atoms with van der Waals surface area (Å²) in [5.74, 6) is -0.900. The van der Waals surface area contributed by atoms with Crippen LogP contribution in [0.2, 0.25) is 0 Å². The number of primary amides is 1. The number of hydrogen-bond donors (Lipinski definition) is 3. The Hall–Kier alpha value is -2.08. The standard InChI is InChI=1S/C15H21N3O3/c16-12-3-1-2-11(14(12)15(20)21)9-18-6-4-10(5-7-18)8-13(17)19/h1-3,10H,4-9,16H2,(H2,17,19)(H,20,21). The van der Waals surface area contributed by atoms with Crippen LogP contribution in [-0.4, -0.2) is 35.0 Å². The van der Waals surface area contributed by atoms with Crippen LogP contribution < -0.4 is 11.5 Å². The summed E-state index contributed by atoms with van der Waals surface area (Å²) in [6.07, 6.45) is 2.26. The number of nitrogens with zero attached hydrogens (tertiary/aromatic N) is 1. The normalized spacial score (nSPS) is 16.8. The van der Waals surface area contributed by atoms with Gasteiger partial charge in [0, 0.05) is 18.7 Å². The van der Waals surface area contributed by atoms with Crippen LogP contribution in [0, 0.1) is 5.92 Å². The fraction of sp³-hybridized carbons (Fsp3) is 0.467. The Kier molecular flexibility index (Phi) is 4.80. The second-order valence-corrected chi connectivity index (χ2v) is 5.58. The number of aromatic carboxylic acids is 1. The summed E-state index contributed by atoms with van der Waals surface area (Å²) in [7, 11) is 0. The molecule has 1 aliphatic heterocycles. The van der Waals surface area contributed by atoms with E-state index in [1.807, 2.05) is 0 Å². The molecule has 0 bridgehead atoms. The maximum Gasteiger partial charge on any atom is 0.338 e. The lowest BCUT2D eigenvalue weighted by molar-refractivity contribution is -0.119. The van der Waals surface area contributed by atoms with Gasteiger partial charge in [0.05, 0.1) is 5.56 Å². The number of carbonyl (C=O) groups is 2. The minimum absolute atomic E-state index is 0.191. The SMILES string of the molecule is NC(=O)CC1CCN(Cc2cccc(N)c2C(=O)O)CC1. The van der Waals surface area contributed by atoms with Gasteiger partial charge in [-0.05, 0) is 43.5 Å². The highest BCUT2D eigenvalue weighted by molar-refractivity contribution is 5.95. The summed E-state index contributed by atoms with van der Waals surface area (Å²) in [5, 5.41) is 9.27. The van der Waals surface area contributed by atoms with Crippen LogP contribution in [0.4, 0.5) is 5.69 Å². The Labute approximate surface area is 123 Å². The lowest BCUT2D eigenvalue weighted by atomic mass is 9.93. The van der Waals surface area contributed by atoms with Gasteiger partial charge in [-0.2, -0.15) is 0 Å². The molecule has 1 heterocycles. The van der Waals surface area contributed by atoms with Crippen molar-refractivity contribution in [1.29, 1.82) is 0 Å². The van der Waals surface area contributed by atoms with Crippen molar-refractivity contribution in [2.45, 2.75) is 25.8 Å². The third kappa shape index (κ3) is 3.95. The van der Waals surface area contributed by atoms with Gasteiger partial charge >= 0.3 is 5.97 Å². The minimum Gasteiger partial charge on any atom is -0.478 e. The average Bonchev–Trinajstić information content (AvgIpc) is 2.40. The number of likely N-dealkylation sites (tertiary alicyclic amines) is 1. The number of amides is 1. The van der Waals surface area contributed by atoms with Gasteiger partial charge in [-0.15, -0.1) is 0 Å². The molecule has 1 amide bonds. The Morgan fingerprint density at radius 3 is 2.52 bits per heavy atom. The summed E-state index contributed by atoms with van der Waals surface area (Å²) in [6, 6.07) is 5.18. The van der Waals surface area contributed by atoms with Gasteiger partial charge in [-0.3, -0.25) is 9.69 Å². The minimum atomic E-state index is -0.994. The highest BCUT2D eigenvalue weighted by Gasteiger charge is 2.22. The molecule has 1 fully saturated rings. The molecule has 0 aliphatic carbocycles. The maximum atomic E-state index is 11.3. The van der Waals surface area contributed by atoms with Crippen LogP contribution >= 0.6 is 0 Å². The lowest BCUT2D eigenvalue weighted by Crippen LogP contribution is -2.35. The molecule has 0 atom stereocenters. The first kappa shape index (κ1) is 15.3. The number of piperidine rings is 1. The molecule has 0 saturated carbocycles. The molecular formula is C15H21N3O3. The smallest absolute Gasteiger partial charge is 0.338 e. The number of rotatable bonds is 5. The van der Waals surface area contributed by atoms with Gasteiger partial charge < -0.3 is 16.6 Å². The molecule has 1 saturated heterocycles. The number of carboxylic acids is 1. The van der Waals surface area contributed by atoms with Crippen molar-refractivity contribution < 1.29 is 14.7 Å². The van der Waals surface area contributed by atoms with Gasteiger partial charge in [0.2, 0.25) is 5.91 Å². The fourth-order valence-corrected chi connectivity index (χ4v) is 2.89. The fourth-order valence-electron chi connectivity index (χ4n) is 2.89. The Balaban J connectivity index is 1.99. The van der Waals surface area contributed by atoms with E-state index in [1.54, 1.807) is 18.2 Å². The quantitative estimate of drug-likeness (QED) is 0.702. The number of nitrogen functional groups attached to an aromatic ring is 1. The lowest BCUT2D eigenvalue weighted by Gasteiger charge is -2.31. The van der Waals surface area contributed by atoms with Crippen LogP contribution in [0.5, 0.6) is 0 Å². The van der Waals surface area contributed by atoms with E-state index in [1.165, 1.54) is 0 Å². The zero-order chi connectivity index (χ0) is 15.4. The molecule has 6 nitrogen and oxygen atoms in total. The van der Waals surface area contributed by atoms with Crippen molar-refractivity contribution >= 4 is 17.6 Å². The van der Waals surface area contributed by atoms with Gasteiger partial charge in [0.15, 0.2) is 0 Å². The van der Waals surface area contributed by atoms with E-state index in [0.717, 1.165) is 31.5 Å². The van der Waals surface area contributed by atoms with Crippen molar-refractivity contribution in [3.63, 3.8) is 0 Å². The molecule has 6 heteroatoms. The molecule has 5 N–H and O–H groups in total. The number of carboxylic acid groups (broad SMARTS) is 1. The number of benzene rings is 1. The Morgan fingerprint density at radius 1 is 1.29 bits per heavy atom. The topological polar surface area (TPSA) is 110 Å². The summed E-state index contributed by atoms with van der Waals surface area (Å²) in [5.41, 5.74) is 12.2. The summed E-state index contributed by atoms with van der Waals surface area (Å²) < 4.78 is 0. The van der Waals surface area contributed by atoms with Crippen molar-refractivity contribution in [3.05, 3.63) is 29.3 Å². The van der Waals surface area contributed by atoms with Crippen LogP contribution in [0.3, 0.4) is 0 Å². The van der Waals surface area contributed by atoms with E-state index >= 15 is 0 Å². The van der Waals surface area contributed by atoms with Crippen molar-refractivity contribution in [2.75, 3.05) is 18.8 Å². The van der Waals surface area contributed by atoms with Gasteiger partial charge in [-0.1, -0.05) is 12.1 Å². The first-order chi connectivity index (χ1) is 9.97. The molecule has 1 aliphatic rings. The average molecular weight is 291 g/mol. The number of carbonyl (C=O) groups excluding carboxylic acids is 1. The molecule has 21 heavy (non-hydrogen) atoms. The van der Waals surface area contributed by atoms with Crippen LogP contribution in [-0.2, 0) is 11.3 Å². The summed E-state index contributed by atoms with van der Waals surface area (Å²) in [6.45, 7) is 2.24. The van der Waals surface area contributed by atoms with Gasteiger partial charge in [0.1, 0.15) is 0 Å². The zero-order valence-corrected chi connectivity index (χ0v) is 11.9. The molecule has 1 aromatic carbocycles. The molecule has 0 spiro atoms. The van der Waals surface area contributed by atoms with Gasteiger partial charge in [0.25, 0.3) is 0 Å². The van der Waals surface area contributed by atoms with Crippen molar-refractivity contribution in [1.82, 2.24) is 4.90 Å². The Morgan fingerprint density at radius 2 is 1.95 bits per heavy atom. The molecule has 1 aromatic rings. The summed E-state index contributed by atoms with van der Waals surface area (Å²) >= 11 is 0. The molecular weight excluding hydrogens is 270 g/mol. The highest BCUT2D eigenvalue weighted by Crippen LogP contribution is 2.24. The first-order valence-electron chi connectivity index (χ1n) is 7.08. The molecule has 114 valence electrons. The largest absolute Gasteiger partial charge is 0.478 e. The molecule has 0 unspecified atom stereocenters.